The Morgan fingerprint density at radius 2 is 1.70 bits per heavy atom. The van der Waals surface area contributed by atoms with Crippen LogP contribution in [0.25, 0.3) is 11.1 Å². The zero-order valence-corrected chi connectivity index (χ0v) is 21.9. The van der Waals surface area contributed by atoms with E-state index in [1.807, 2.05) is 27.0 Å². The van der Waals surface area contributed by atoms with E-state index in [2.05, 4.69) is 43.0 Å². The molecule has 0 amide bonds. The highest BCUT2D eigenvalue weighted by Gasteiger charge is 2.24. The number of nitrogens with one attached hydrogen (secondary N) is 1. The van der Waals surface area contributed by atoms with Gasteiger partial charge in [0.25, 0.3) is 5.56 Å². The Morgan fingerprint density at radius 3 is 2.06 bits per heavy atom. The zero-order valence-electron chi connectivity index (χ0n) is 20.8. The Hall–Kier alpha value is -2.04. The number of benzene rings is 1. The fraction of sp³-hybridized carbons (Fsp3) is 0.500. The summed E-state index contributed by atoms with van der Waals surface area (Å²) in [6, 6.07) is 6.61. The first-order valence-corrected chi connectivity index (χ1v) is 12.2. The molecule has 33 heavy (non-hydrogen) atoms. The summed E-state index contributed by atoms with van der Waals surface area (Å²) < 4.78 is 32.0. The third-order valence-corrected chi connectivity index (χ3v) is 5.45. The quantitative estimate of drug-likeness (QED) is 0.363. The van der Waals surface area contributed by atoms with Crippen molar-refractivity contribution in [2.75, 3.05) is 13.1 Å². The zero-order chi connectivity index (χ0) is 25.0. The van der Waals surface area contributed by atoms with Crippen LogP contribution < -0.4 is 15.6 Å². The van der Waals surface area contributed by atoms with Crippen LogP contribution in [0.5, 0.6) is 5.75 Å². The minimum Gasteiger partial charge on any atom is -0.430 e. The molecule has 1 aromatic carbocycles. The molecule has 3 rings (SSSR count). The van der Waals surface area contributed by atoms with Gasteiger partial charge in [0, 0.05) is 30.4 Å². The Labute approximate surface area is 199 Å². The number of rotatable bonds is 6. The highest BCUT2D eigenvalue weighted by molar-refractivity contribution is 7.17. The number of allylic oxidation sites excluding steroid dienone is 2. The number of hydrogen-bond donors (Lipinski definition) is 1. The molecule has 1 aliphatic rings. The van der Waals surface area contributed by atoms with Crippen molar-refractivity contribution in [3.05, 3.63) is 64.1 Å². The second-order valence-electron chi connectivity index (χ2n) is 7.98. The second-order valence-corrected chi connectivity index (χ2v) is 8.65. The minimum atomic E-state index is -3.29. The van der Waals surface area contributed by atoms with Crippen LogP contribution >= 0.6 is 9.24 Å². The van der Waals surface area contributed by atoms with Gasteiger partial charge in [-0.1, -0.05) is 57.9 Å². The molecule has 0 spiro atoms. The number of halogens is 2. The summed E-state index contributed by atoms with van der Waals surface area (Å²) in [7, 11) is 1.35. The molecule has 0 radical (unpaired) electrons. The highest BCUT2D eigenvalue weighted by Crippen LogP contribution is 2.30. The Balaban J connectivity index is 0.000000517. The Kier molecular flexibility index (Phi) is 12.5. The van der Waals surface area contributed by atoms with E-state index in [0.717, 1.165) is 36.2 Å². The molecule has 0 aliphatic carbocycles. The summed E-state index contributed by atoms with van der Waals surface area (Å²) in [4.78, 5) is 12.4. The summed E-state index contributed by atoms with van der Waals surface area (Å²) in [5.74, 6) is -3.21. The van der Waals surface area contributed by atoms with Gasteiger partial charge in [-0.3, -0.25) is 4.79 Å². The summed E-state index contributed by atoms with van der Waals surface area (Å²) in [6.45, 7) is 13.8. The van der Waals surface area contributed by atoms with E-state index >= 15 is 0 Å². The molecule has 2 heterocycles. The van der Waals surface area contributed by atoms with Gasteiger partial charge in [-0.2, -0.15) is 8.78 Å². The predicted molar refractivity (Wildman–Crippen MR) is 138 cm³/mol. The van der Waals surface area contributed by atoms with E-state index < -0.39 is 5.85 Å². The molecule has 2 aromatic rings. The molecule has 1 fully saturated rings. The molecule has 1 unspecified atom stereocenters. The average molecular weight is 481 g/mol. The molecule has 1 aliphatic heterocycles. The lowest BCUT2D eigenvalue weighted by molar-refractivity contribution is -0.0892. The van der Waals surface area contributed by atoms with E-state index in [1.54, 1.807) is 16.7 Å². The molecular weight excluding hydrogens is 441 g/mol. The van der Waals surface area contributed by atoms with Gasteiger partial charge in [-0.15, -0.1) is 0 Å². The van der Waals surface area contributed by atoms with Crippen LogP contribution in [0.3, 0.4) is 0 Å². The van der Waals surface area contributed by atoms with Crippen molar-refractivity contribution >= 4 is 9.24 Å². The largest absolute Gasteiger partial charge is 0.430 e. The van der Waals surface area contributed by atoms with E-state index in [9.17, 15) is 13.6 Å². The van der Waals surface area contributed by atoms with E-state index in [-0.39, 0.29) is 17.4 Å². The van der Waals surface area contributed by atoms with Crippen LogP contribution in [0.15, 0.2) is 47.4 Å². The van der Waals surface area contributed by atoms with Gasteiger partial charge in [0.05, 0.1) is 6.04 Å². The highest BCUT2D eigenvalue weighted by atomic mass is 31.0. The van der Waals surface area contributed by atoms with Gasteiger partial charge < -0.3 is 14.6 Å². The Bertz CT molecular complexity index is 929. The van der Waals surface area contributed by atoms with Crippen LogP contribution in [0.1, 0.15) is 64.1 Å². The van der Waals surface area contributed by atoms with Gasteiger partial charge >= 0.3 is 5.85 Å². The minimum absolute atomic E-state index is 0.0188. The summed E-state index contributed by atoms with van der Waals surface area (Å²) in [6.07, 6.45) is 9.84. The van der Waals surface area contributed by atoms with Crippen molar-refractivity contribution in [1.82, 2.24) is 9.88 Å². The average Bonchev–Trinajstić information content (AvgIpc) is 2.73. The number of unbranched alkanes of at least 4 members (excludes halogenated alkanes) is 1. The maximum absolute atomic E-state index is 12.9. The summed E-state index contributed by atoms with van der Waals surface area (Å²) in [5, 5.41) is 3.16. The number of hydrogen-bond acceptors (Lipinski definition) is 3. The SMILES string of the molecule is C/C=C/CC.CCCC.Cc1c(-c2ccc(OC(F)(F)P)cc2)cn(C2CNC2)c(=O)c1C. The summed E-state index contributed by atoms with van der Waals surface area (Å²) in [5.41, 5.74) is 3.40. The van der Waals surface area contributed by atoms with Crippen LogP contribution in [0.2, 0.25) is 0 Å². The molecule has 1 saturated heterocycles. The number of alkyl halides is 2. The van der Waals surface area contributed by atoms with Crippen LogP contribution in [0, 0.1) is 13.8 Å². The lowest BCUT2D eigenvalue weighted by Crippen LogP contribution is -2.47. The van der Waals surface area contributed by atoms with Crippen LogP contribution in [-0.4, -0.2) is 23.5 Å². The van der Waals surface area contributed by atoms with Crippen molar-refractivity contribution in [2.24, 2.45) is 0 Å². The normalized spacial score (nSPS) is 13.5. The van der Waals surface area contributed by atoms with Gasteiger partial charge in [0.15, 0.2) is 0 Å². The molecular formula is C26H39F2N2O2P. The molecule has 1 aromatic heterocycles. The molecule has 1 N–H and O–H groups in total. The van der Waals surface area contributed by atoms with Crippen molar-refractivity contribution in [2.45, 2.75) is 72.7 Å². The van der Waals surface area contributed by atoms with E-state index in [0.29, 0.717) is 5.56 Å². The van der Waals surface area contributed by atoms with E-state index in [4.69, 9.17) is 0 Å². The molecule has 1 atom stereocenters. The predicted octanol–water partition coefficient (Wildman–Crippen LogP) is 6.86. The number of aromatic nitrogens is 1. The molecule has 0 bridgehead atoms. The standard InChI is InChI=1S/C17H19F2N2O2P.C5H10.C4H10/c1-10-11(2)16(22)21(13-7-20-8-13)9-15(10)12-3-5-14(6-4-12)23-17(18,19)24;1-3-5-4-2;1-3-4-2/h3-6,9,13,20H,7-8,24H2,1-2H3;3,5H,4H2,1-2H3;3-4H2,1-2H3/b;5-3+;. The maximum atomic E-state index is 12.9. The Morgan fingerprint density at radius 1 is 1.12 bits per heavy atom. The third kappa shape index (κ3) is 9.38. The lowest BCUT2D eigenvalue weighted by atomic mass is 9.98. The van der Waals surface area contributed by atoms with Crippen LogP contribution in [-0.2, 0) is 0 Å². The van der Waals surface area contributed by atoms with Crippen molar-refractivity contribution < 1.29 is 13.5 Å². The van der Waals surface area contributed by atoms with Crippen molar-refractivity contribution in [3.8, 4) is 16.9 Å². The second kappa shape index (κ2) is 14.3. The lowest BCUT2D eigenvalue weighted by Gasteiger charge is -2.30. The number of pyridine rings is 1. The van der Waals surface area contributed by atoms with Crippen LogP contribution in [0.4, 0.5) is 8.78 Å². The summed E-state index contributed by atoms with van der Waals surface area (Å²) >= 11 is 0. The van der Waals surface area contributed by atoms with Gasteiger partial charge in [0.1, 0.15) is 5.75 Å². The maximum Gasteiger partial charge on any atom is 0.408 e. The fourth-order valence-electron chi connectivity index (χ4n) is 2.98. The molecule has 4 nitrogen and oxygen atoms in total. The number of ether oxygens (including phenoxy) is 1. The first-order chi connectivity index (χ1) is 15.6. The van der Waals surface area contributed by atoms with Gasteiger partial charge in [-0.05, 0) is 59.7 Å². The first kappa shape index (κ1) is 29.0. The monoisotopic (exact) mass is 480 g/mol. The first-order valence-electron chi connectivity index (χ1n) is 11.6. The van der Waals surface area contributed by atoms with Gasteiger partial charge in [-0.25, -0.2) is 0 Å². The fourth-order valence-corrected chi connectivity index (χ4v) is 3.11. The molecule has 7 heteroatoms. The van der Waals surface area contributed by atoms with Crippen molar-refractivity contribution in [1.29, 1.82) is 0 Å². The van der Waals surface area contributed by atoms with Crippen molar-refractivity contribution in [3.63, 3.8) is 0 Å². The topological polar surface area (TPSA) is 43.3 Å². The van der Waals surface area contributed by atoms with Gasteiger partial charge in [0.2, 0.25) is 0 Å². The molecule has 0 saturated carbocycles. The molecule has 184 valence electrons. The van der Waals surface area contributed by atoms with E-state index in [1.165, 1.54) is 34.2 Å². The smallest absolute Gasteiger partial charge is 0.408 e. The number of nitrogens with zero attached hydrogens (tertiary/aromatic N) is 1. The third-order valence-electron chi connectivity index (χ3n) is 5.33.